The first-order valence-corrected chi connectivity index (χ1v) is 7.59. The molecule has 1 heterocycles. The lowest BCUT2D eigenvalue weighted by Crippen LogP contribution is -2.58. The lowest BCUT2D eigenvalue weighted by Gasteiger charge is -2.40. The summed E-state index contributed by atoms with van der Waals surface area (Å²) in [4.78, 5) is 20.4. The Hall–Kier alpha value is -0.570. The lowest BCUT2D eigenvalue weighted by atomic mass is 9.80. The van der Waals surface area contributed by atoms with Crippen LogP contribution in [0.15, 0.2) is 4.99 Å². The number of aliphatic hydroxyl groups is 1. The molecule has 21 heavy (non-hydrogen) atoms. The summed E-state index contributed by atoms with van der Waals surface area (Å²) in [5.74, 6) is 0.929. The molecule has 3 rings (SSSR count). The van der Waals surface area contributed by atoms with Crippen molar-refractivity contribution >= 4 is 35.8 Å². The van der Waals surface area contributed by atoms with E-state index in [0.29, 0.717) is 19.1 Å². The fourth-order valence-corrected chi connectivity index (χ4v) is 2.98. The second-order valence-electron chi connectivity index (χ2n) is 6.22. The Morgan fingerprint density at radius 1 is 1.43 bits per heavy atom. The molecule has 2 saturated carbocycles. The molecular weight excluding hydrogens is 383 g/mol. The standard InChI is InChI=1S/C14H24N4O2.HI/c1-15-13(16-10-14(20)5-2-6-14)17-7-8-18(11-3-4-11)12(19)9-17;/h11,20H,2-10H2,1H3,(H,15,16);1H. The van der Waals surface area contributed by atoms with Gasteiger partial charge >= 0.3 is 0 Å². The maximum absolute atomic E-state index is 12.1. The summed E-state index contributed by atoms with van der Waals surface area (Å²) in [6, 6.07) is 0.496. The number of piperazine rings is 1. The van der Waals surface area contributed by atoms with Crippen molar-refractivity contribution in [3.05, 3.63) is 0 Å². The highest BCUT2D eigenvalue weighted by Crippen LogP contribution is 2.31. The molecule has 3 aliphatic rings. The topological polar surface area (TPSA) is 68.2 Å². The van der Waals surface area contributed by atoms with Crippen molar-refractivity contribution in [2.45, 2.75) is 43.7 Å². The smallest absolute Gasteiger partial charge is 0.242 e. The fraction of sp³-hybridized carbons (Fsp3) is 0.857. The minimum absolute atomic E-state index is 0. The maximum Gasteiger partial charge on any atom is 0.242 e. The van der Waals surface area contributed by atoms with Crippen molar-refractivity contribution in [3.8, 4) is 0 Å². The zero-order valence-corrected chi connectivity index (χ0v) is 14.9. The van der Waals surface area contributed by atoms with Gasteiger partial charge in [0, 0.05) is 32.7 Å². The Labute approximate surface area is 143 Å². The molecule has 2 aliphatic carbocycles. The average Bonchev–Trinajstić information content (AvgIpc) is 3.22. The lowest BCUT2D eigenvalue weighted by molar-refractivity contribution is -0.135. The van der Waals surface area contributed by atoms with E-state index in [4.69, 9.17) is 0 Å². The van der Waals surface area contributed by atoms with Crippen LogP contribution in [0.3, 0.4) is 0 Å². The third-order valence-electron chi connectivity index (χ3n) is 4.62. The molecule has 2 N–H and O–H groups in total. The van der Waals surface area contributed by atoms with E-state index in [0.717, 1.165) is 51.2 Å². The number of carbonyl (C=O) groups is 1. The summed E-state index contributed by atoms with van der Waals surface area (Å²) in [5.41, 5.74) is -0.574. The number of rotatable bonds is 3. The number of aliphatic imine (C=N–C) groups is 1. The molecule has 1 amide bonds. The number of nitrogens with one attached hydrogen (secondary N) is 1. The molecule has 6 nitrogen and oxygen atoms in total. The third-order valence-corrected chi connectivity index (χ3v) is 4.62. The summed E-state index contributed by atoms with van der Waals surface area (Å²) in [6.07, 6.45) is 5.11. The van der Waals surface area contributed by atoms with Gasteiger partial charge in [-0.25, -0.2) is 0 Å². The van der Waals surface area contributed by atoms with Gasteiger partial charge in [-0.05, 0) is 32.1 Å². The highest BCUT2D eigenvalue weighted by Gasteiger charge is 2.37. The number of amides is 1. The largest absolute Gasteiger partial charge is 0.388 e. The Morgan fingerprint density at radius 3 is 2.62 bits per heavy atom. The molecule has 1 aliphatic heterocycles. The molecule has 0 aromatic carbocycles. The van der Waals surface area contributed by atoms with Gasteiger partial charge in [0.05, 0.1) is 12.1 Å². The monoisotopic (exact) mass is 408 g/mol. The molecule has 0 unspecified atom stereocenters. The van der Waals surface area contributed by atoms with Gasteiger partial charge in [0.1, 0.15) is 0 Å². The van der Waals surface area contributed by atoms with Gasteiger partial charge in [0.25, 0.3) is 0 Å². The number of nitrogens with zero attached hydrogens (tertiary/aromatic N) is 3. The van der Waals surface area contributed by atoms with E-state index in [1.807, 2.05) is 9.80 Å². The number of hydrogen-bond donors (Lipinski definition) is 2. The van der Waals surface area contributed by atoms with Crippen LogP contribution in [-0.4, -0.2) is 71.6 Å². The SMILES string of the molecule is CN=C(NCC1(O)CCC1)N1CCN(C2CC2)C(=O)C1.I. The average molecular weight is 408 g/mol. The first-order chi connectivity index (χ1) is 9.61. The van der Waals surface area contributed by atoms with E-state index in [9.17, 15) is 9.90 Å². The summed E-state index contributed by atoms with van der Waals surface area (Å²) >= 11 is 0. The predicted molar refractivity (Wildman–Crippen MR) is 91.9 cm³/mol. The zero-order valence-electron chi connectivity index (χ0n) is 12.5. The van der Waals surface area contributed by atoms with Crippen LogP contribution in [0.2, 0.25) is 0 Å². The number of carbonyl (C=O) groups excluding carboxylic acids is 1. The molecule has 3 fully saturated rings. The highest BCUT2D eigenvalue weighted by molar-refractivity contribution is 14.0. The van der Waals surface area contributed by atoms with Crippen LogP contribution < -0.4 is 5.32 Å². The second kappa shape index (κ2) is 6.68. The van der Waals surface area contributed by atoms with E-state index in [-0.39, 0.29) is 29.9 Å². The number of hydrogen-bond acceptors (Lipinski definition) is 3. The van der Waals surface area contributed by atoms with E-state index in [1.165, 1.54) is 0 Å². The first-order valence-electron chi connectivity index (χ1n) is 7.59. The van der Waals surface area contributed by atoms with Gasteiger partial charge in [0.15, 0.2) is 5.96 Å². The van der Waals surface area contributed by atoms with Gasteiger partial charge in [-0.3, -0.25) is 9.79 Å². The van der Waals surface area contributed by atoms with Crippen molar-refractivity contribution in [2.24, 2.45) is 4.99 Å². The van der Waals surface area contributed by atoms with Gasteiger partial charge in [-0.2, -0.15) is 0 Å². The molecule has 0 atom stereocenters. The van der Waals surface area contributed by atoms with Crippen LogP contribution in [-0.2, 0) is 4.79 Å². The molecular formula is C14H25IN4O2. The van der Waals surface area contributed by atoms with Gasteiger partial charge in [-0.15, -0.1) is 24.0 Å². The quantitative estimate of drug-likeness (QED) is 0.403. The van der Waals surface area contributed by atoms with E-state index in [1.54, 1.807) is 7.05 Å². The Bertz CT molecular complexity index is 421. The number of halogens is 1. The van der Waals surface area contributed by atoms with Crippen LogP contribution in [0, 0.1) is 0 Å². The highest BCUT2D eigenvalue weighted by atomic mass is 127. The summed E-state index contributed by atoms with van der Waals surface area (Å²) < 4.78 is 0. The van der Waals surface area contributed by atoms with Crippen molar-refractivity contribution in [2.75, 3.05) is 33.2 Å². The predicted octanol–water partition coefficient (Wildman–Crippen LogP) is 0.401. The molecule has 0 spiro atoms. The molecule has 0 aromatic rings. The second-order valence-corrected chi connectivity index (χ2v) is 6.22. The molecule has 0 aromatic heterocycles. The van der Waals surface area contributed by atoms with Gasteiger partial charge in [0.2, 0.25) is 5.91 Å². The van der Waals surface area contributed by atoms with Crippen molar-refractivity contribution in [3.63, 3.8) is 0 Å². The maximum atomic E-state index is 12.1. The number of guanidine groups is 1. The van der Waals surface area contributed by atoms with Crippen LogP contribution in [0.1, 0.15) is 32.1 Å². The molecule has 0 radical (unpaired) electrons. The molecule has 1 saturated heterocycles. The van der Waals surface area contributed by atoms with Crippen molar-refractivity contribution < 1.29 is 9.90 Å². The van der Waals surface area contributed by atoms with E-state index >= 15 is 0 Å². The summed E-state index contributed by atoms with van der Waals surface area (Å²) in [6.45, 7) is 2.53. The van der Waals surface area contributed by atoms with Crippen LogP contribution in [0.5, 0.6) is 0 Å². The van der Waals surface area contributed by atoms with Crippen molar-refractivity contribution in [1.29, 1.82) is 0 Å². The summed E-state index contributed by atoms with van der Waals surface area (Å²) in [5, 5.41) is 13.3. The minimum Gasteiger partial charge on any atom is -0.388 e. The Balaban J connectivity index is 0.00000161. The zero-order chi connectivity index (χ0) is 14.2. The van der Waals surface area contributed by atoms with Crippen LogP contribution in [0.4, 0.5) is 0 Å². The molecule has 120 valence electrons. The summed E-state index contributed by atoms with van der Waals surface area (Å²) in [7, 11) is 1.73. The van der Waals surface area contributed by atoms with E-state index in [2.05, 4.69) is 10.3 Å². The Morgan fingerprint density at radius 2 is 2.14 bits per heavy atom. The minimum atomic E-state index is -0.574. The normalized spacial score (nSPS) is 25.2. The third kappa shape index (κ3) is 3.80. The first kappa shape index (κ1) is 16.8. The fourth-order valence-electron chi connectivity index (χ4n) is 2.98. The Kier molecular flexibility index (Phi) is 5.34. The molecule has 7 heteroatoms. The van der Waals surface area contributed by atoms with E-state index < -0.39 is 5.60 Å². The van der Waals surface area contributed by atoms with Crippen LogP contribution >= 0.6 is 24.0 Å². The van der Waals surface area contributed by atoms with Crippen LogP contribution in [0.25, 0.3) is 0 Å². The van der Waals surface area contributed by atoms with Crippen molar-refractivity contribution in [1.82, 2.24) is 15.1 Å². The van der Waals surface area contributed by atoms with Gasteiger partial charge < -0.3 is 20.2 Å². The molecule has 0 bridgehead atoms. The van der Waals surface area contributed by atoms with Gasteiger partial charge in [-0.1, -0.05) is 0 Å².